The van der Waals surface area contributed by atoms with E-state index in [0.29, 0.717) is 21.1 Å². The molecule has 1 aromatic rings. The lowest BCUT2D eigenvalue weighted by atomic mass is 10.0. The summed E-state index contributed by atoms with van der Waals surface area (Å²) in [7, 11) is 0. The van der Waals surface area contributed by atoms with Crippen molar-refractivity contribution in [2.45, 2.75) is 19.3 Å². The summed E-state index contributed by atoms with van der Waals surface area (Å²) in [5.41, 5.74) is 0.356. The number of hydrogen-bond donors (Lipinski definition) is 2. The first-order chi connectivity index (χ1) is 9.47. The first kappa shape index (κ1) is 15.3. The third kappa shape index (κ3) is 3.70. The van der Waals surface area contributed by atoms with Crippen LogP contribution in [0, 0.1) is 5.92 Å². The number of carbonyl (C=O) groups excluding carboxylic acids is 1. The van der Waals surface area contributed by atoms with Crippen molar-refractivity contribution >= 4 is 49.4 Å². The number of carbonyl (C=O) groups is 2. The van der Waals surface area contributed by atoms with E-state index in [-0.39, 0.29) is 17.4 Å². The molecular weight excluding hydrogens is 390 g/mol. The van der Waals surface area contributed by atoms with Crippen molar-refractivity contribution in [3.05, 3.63) is 38.8 Å². The van der Waals surface area contributed by atoms with Crippen LogP contribution in [0.1, 0.15) is 29.6 Å². The van der Waals surface area contributed by atoms with Gasteiger partial charge in [0.05, 0.1) is 11.3 Å². The number of amides is 1. The predicted octanol–water partition coefficient (Wildman–Crippen LogP) is 4.20. The molecule has 0 spiro atoms. The van der Waals surface area contributed by atoms with Crippen molar-refractivity contribution in [2.24, 2.45) is 5.92 Å². The average molecular weight is 403 g/mol. The van der Waals surface area contributed by atoms with Crippen LogP contribution in [0.4, 0.5) is 5.69 Å². The van der Waals surface area contributed by atoms with Gasteiger partial charge in [0.25, 0.3) is 0 Å². The van der Waals surface area contributed by atoms with Gasteiger partial charge in [0.1, 0.15) is 0 Å². The molecule has 2 rings (SSSR count). The molecule has 0 saturated heterocycles. The molecule has 20 heavy (non-hydrogen) atoms. The zero-order valence-electron chi connectivity index (χ0n) is 10.5. The number of carboxylic acids is 1. The summed E-state index contributed by atoms with van der Waals surface area (Å²) in [4.78, 5) is 23.3. The number of carboxylic acid groups (broad SMARTS) is 1. The first-order valence-electron chi connectivity index (χ1n) is 6.16. The van der Waals surface area contributed by atoms with E-state index in [1.165, 1.54) is 6.07 Å². The summed E-state index contributed by atoms with van der Waals surface area (Å²) in [6.45, 7) is 0. The smallest absolute Gasteiger partial charge is 0.337 e. The van der Waals surface area contributed by atoms with Gasteiger partial charge in [-0.1, -0.05) is 28.1 Å². The first-order valence-corrected chi connectivity index (χ1v) is 7.75. The van der Waals surface area contributed by atoms with Crippen LogP contribution in [0.15, 0.2) is 33.2 Å². The molecule has 1 aliphatic rings. The Morgan fingerprint density at radius 3 is 2.70 bits per heavy atom. The minimum absolute atomic E-state index is 0.0570. The zero-order chi connectivity index (χ0) is 14.7. The zero-order valence-corrected chi connectivity index (χ0v) is 13.7. The average Bonchev–Trinajstić information content (AvgIpc) is 2.84. The number of anilines is 1. The lowest BCUT2D eigenvalue weighted by Gasteiger charge is -2.13. The van der Waals surface area contributed by atoms with Gasteiger partial charge in [0.15, 0.2) is 0 Å². The maximum Gasteiger partial charge on any atom is 0.337 e. The molecule has 0 fully saturated rings. The fraction of sp³-hybridized carbons (Fsp3) is 0.286. The van der Waals surface area contributed by atoms with Gasteiger partial charge < -0.3 is 10.4 Å². The third-order valence-electron chi connectivity index (χ3n) is 3.11. The molecule has 0 heterocycles. The molecule has 6 heteroatoms. The summed E-state index contributed by atoms with van der Waals surface area (Å²) < 4.78 is 1.18. The molecule has 106 valence electrons. The number of benzene rings is 1. The Bertz CT molecular complexity index is 584. The highest BCUT2D eigenvalue weighted by Crippen LogP contribution is 2.31. The van der Waals surface area contributed by atoms with Crippen LogP contribution >= 0.6 is 31.9 Å². The molecule has 1 aliphatic carbocycles. The fourth-order valence-corrected chi connectivity index (χ4v) is 3.49. The number of allylic oxidation sites excluding steroid dienone is 2. The quantitative estimate of drug-likeness (QED) is 0.741. The molecule has 0 bridgehead atoms. The number of halogens is 2. The Morgan fingerprint density at radius 1 is 1.35 bits per heavy atom. The van der Waals surface area contributed by atoms with Crippen LogP contribution in [0.3, 0.4) is 0 Å². The van der Waals surface area contributed by atoms with E-state index in [2.05, 4.69) is 43.3 Å². The highest BCUT2D eigenvalue weighted by Gasteiger charge is 2.19. The predicted molar refractivity (Wildman–Crippen MR) is 83.9 cm³/mol. The second-order valence-electron chi connectivity index (χ2n) is 4.63. The van der Waals surface area contributed by atoms with Gasteiger partial charge in [-0.05, 0) is 46.8 Å². The minimum atomic E-state index is -1.08. The molecule has 1 unspecified atom stereocenters. The summed E-state index contributed by atoms with van der Waals surface area (Å²) >= 11 is 6.52. The summed E-state index contributed by atoms with van der Waals surface area (Å²) in [5.74, 6) is -1.01. The van der Waals surface area contributed by atoms with E-state index in [9.17, 15) is 14.7 Å². The van der Waals surface area contributed by atoms with Crippen molar-refractivity contribution in [2.75, 3.05) is 5.32 Å². The van der Waals surface area contributed by atoms with Gasteiger partial charge in [-0.15, -0.1) is 0 Å². The highest BCUT2D eigenvalue weighted by atomic mass is 79.9. The van der Waals surface area contributed by atoms with Gasteiger partial charge in [-0.3, -0.25) is 4.79 Å². The molecule has 4 nitrogen and oxygen atoms in total. The largest absolute Gasteiger partial charge is 0.478 e. The van der Waals surface area contributed by atoms with Gasteiger partial charge in [0.2, 0.25) is 5.91 Å². The Morgan fingerprint density at radius 2 is 2.10 bits per heavy atom. The SMILES string of the molecule is O=C(CC1C=CCC1)Nc1c(Br)cc(Br)cc1C(=O)O. The van der Waals surface area contributed by atoms with Gasteiger partial charge >= 0.3 is 5.97 Å². The van der Waals surface area contributed by atoms with Crippen molar-refractivity contribution in [3.8, 4) is 0 Å². The number of hydrogen-bond acceptors (Lipinski definition) is 2. The number of aromatic carboxylic acids is 1. The lowest BCUT2D eigenvalue weighted by molar-refractivity contribution is -0.116. The van der Waals surface area contributed by atoms with E-state index in [0.717, 1.165) is 12.8 Å². The highest BCUT2D eigenvalue weighted by molar-refractivity contribution is 9.11. The molecule has 0 aliphatic heterocycles. The van der Waals surface area contributed by atoms with Crippen LogP contribution in [-0.2, 0) is 4.79 Å². The minimum Gasteiger partial charge on any atom is -0.478 e. The molecule has 0 saturated carbocycles. The van der Waals surface area contributed by atoms with Crippen LogP contribution in [0.5, 0.6) is 0 Å². The van der Waals surface area contributed by atoms with Crippen molar-refractivity contribution < 1.29 is 14.7 Å². The molecule has 1 atom stereocenters. The second-order valence-corrected chi connectivity index (χ2v) is 6.40. The molecule has 2 N–H and O–H groups in total. The number of rotatable bonds is 4. The topological polar surface area (TPSA) is 66.4 Å². The van der Waals surface area contributed by atoms with Gasteiger partial charge in [-0.2, -0.15) is 0 Å². The van der Waals surface area contributed by atoms with E-state index < -0.39 is 5.97 Å². The maximum atomic E-state index is 12.0. The molecule has 1 amide bonds. The van der Waals surface area contributed by atoms with Crippen molar-refractivity contribution in [3.63, 3.8) is 0 Å². The maximum absolute atomic E-state index is 12.0. The molecule has 0 aromatic heterocycles. The molecule has 0 radical (unpaired) electrons. The van der Waals surface area contributed by atoms with Gasteiger partial charge in [0, 0.05) is 15.4 Å². The standard InChI is InChI=1S/C14H13Br2NO3/c15-9-6-10(14(19)20)13(11(16)7-9)17-12(18)5-8-3-1-2-4-8/h1,3,6-8H,2,4-5H2,(H,17,18)(H,19,20). The van der Waals surface area contributed by atoms with E-state index in [1.807, 2.05) is 6.08 Å². The Labute approximate surface area is 133 Å². The molecule has 1 aromatic carbocycles. The Hall–Kier alpha value is -1.14. The summed E-state index contributed by atoms with van der Waals surface area (Å²) in [6, 6.07) is 3.18. The summed E-state index contributed by atoms with van der Waals surface area (Å²) in [6.07, 6.45) is 6.45. The second kappa shape index (κ2) is 6.54. The van der Waals surface area contributed by atoms with Crippen molar-refractivity contribution in [1.29, 1.82) is 0 Å². The lowest BCUT2D eigenvalue weighted by Crippen LogP contribution is -2.17. The van der Waals surface area contributed by atoms with Crippen LogP contribution in [0.25, 0.3) is 0 Å². The monoisotopic (exact) mass is 401 g/mol. The van der Waals surface area contributed by atoms with Crippen molar-refractivity contribution in [1.82, 2.24) is 0 Å². The Kier molecular flexibility index (Phi) is 4.99. The van der Waals surface area contributed by atoms with E-state index in [1.54, 1.807) is 6.07 Å². The van der Waals surface area contributed by atoms with Crippen LogP contribution in [0.2, 0.25) is 0 Å². The third-order valence-corrected chi connectivity index (χ3v) is 4.19. The Balaban J connectivity index is 2.17. The fourth-order valence-electron chi connectivity index (χ4n) is 2.16. The molecular formula is C14H13Br2NO3. The van der Waals surface area contributed by atoms with Crippen LogP contribution in [-0.4, -0.2) is 17.0 Å². The van der Waals surface area contributed by atoms with Gasteiger partial charge in [-0.25, -0.2) is 4.79 Å². The van der Waals surface area contributed by atoms with E-state index in [4.69, 9.17) is 0 Å². The van der Waals surface area contributed by atoms with E-state index >= 15 is 0 Å². The van der Waals surface area contributed by atoms with Crippen LogP contribution < -0.4 is 5.32 Å². The number of nitrogens with one attached hydrogen (secondary N) is 1. The summed E-state index contributed by atoms with van der Waals surface area (Å²) in [5, 5.41) is 11.9. The normalized spacial score (nSPS) is 17.2.